The fourth-order valence-corrected chi connectivity index (χ4v) is 2.46. The van der Waals surface area contributed by atoms with Crippen LogP contribution in [0.2, 0.25) is 0 Å². The van der Waals surface area contributed by atoms with Gasteiger partial charge in [-0.1, -0.05) is 18.2 Å². The maximum Gasteiger partial charge on any atom is 0.416 e. The first-order valence-electron chi connectivity index (χ1n) is 6.82. The zero-order valence-corrected chi connectivity index (χ0v) is 11.9. The minimum Gasteiger partial charge on any atom is -0.489 e. The summed E-state index contributed by atoms with van der Waals surface area (Å²) in [6.07, 6.45) is -2.37. The number of alkyl halides is 3. The van der Waals surface area contributed by atoms with Crippen molar-refractivity contribution in [2.24, 2.45) is 0 Å². The Bertz CT molecular complexity index is 718. The second-order valence-corrected chi connectivity index (χ2v) is 4.96. The predicted octanol–water partition coefficient (Wildman–Crippen LogP) is 4.33. The van der Waals surface area contributed by atoms with Crippen LogP contribution in [0.25, 0.3) is 16.8 Å². The van der Waals surface area contributed by atoms with Crippen molar-refractivity contribution in [3.8, 4) is 16.9 Å². The zero-order chi connectivity index (χ0) is 15.7. The Morgan fingerprint density at radius 1 is 1.00 bits per heavy atom. The highest BCUT2D eigenvalue weighted by Crippen LogP contribution is 2.34. The van der Waals surface area contributed by atoms with Gasteiger partial charge in [0.15, 0.2) is 0 Å². The maximum atomic E-state index is 12.6. The topological polar surface area (TPSA) is 21.3 Å². The van der Waals surface area contributed by atoms with E-state index in [1.807, 2.05) is 31.3 Å². The first-order chi connectivity index (χ1) is 10.5. The summed E-state index contributed by atoms with van der Waals surface area (Å²) < 4.78 is 43.4. The molecule has 0 saturated heterocycles. The Labute approximate surface area is 126 Å². The van der Waals surface area contributed by atoms with E-state index in [4.69, 9.17) is 4.74 Å². The van der Waals surface area contributed by atoms with E-state index in [1.165, 1.54) is 12.1 Å². The maximum absolute atomic E-state index is 12.6. The summed E-state index contributed by atoms with van der Waals surface area (Å²) in [5.74, 6) is 0.726. The van der Waals surface area contributed by atoms with Gasteiger partial charge in [0.05, 0.1) is 5.56 Å². The summed E-state index contributed by atoms with van der Waals surface area (Å²) in [6, 6.07) is 10.8. The molecule has 114 valence electrons. The first kappa shape index (κ1) is 14.5. The highest BCUT2D eigenvalue weighted by molar-refractivity contribution is 5.75. The Hall–Kier alpha value is -2.43. The third-order valence-electron chi connectivity index (χ3n) is 3.61. The number of benzene rings is 2. The number of rotatable bonds is 2. The van der Waals surface area contributed by atoms with Crippen LogP contribution in [0, 0.1) is 0 Å². The minimum absolute atomic E-state index is 0.472. The van der Waals surface area contributed by atoms with E-state index in [-0.39, 0.29) is 0 Å². The molecule has 5 heteroatoms. The largest absolute Gasteiger partial charge is 0.489 e. The van der Waals surface area contributed by atoms with Crippen LogP contribution >= 0.6 is 0 Å². The molecule has 0 radical (unpaired) electrons. The molecule has 2 aromatic carbocycles. The average Bonchev–Trinajstić information content (AvgIpc) is 2.53. The van der Waals surface area contributed by atoms with Gasteiger partial charge in [-0.05, 0) is 41.5 Å². The van der Waals surface area contributed by atoms with Crippen LogP contribution in [0.15, 0.2) is 48.5 Å². The van der Waals surface area contributed by atoms with Gasteiger partial charge in [0.25, 0.3) is 0 Å². The van der Waals surface area contributed by atoms with E-state index < -0.39 is 11.7 Å². The average molecular weight is 305 g/mol. The van der Waals surface area contributed by atoms with E-state index in [1.54, 1.807) is 0 Å². The minimum atomic E-state index is -4.32. The lowest BCUT2D eigenvalue weighted by Crippen LogP contribution is -2.13. The quantitative estimate of drug-likeness (QED) is 0.892. The normalized spacial score (nSPS) is 13.9. The second-order valence-electron chi connectivity index (χ2n) is 4.96. The molecular formula is C17H14F3NO. The Morgan fingerprint density at radius 3 is 2.32 bits per heavy atom. The second kappa shape index (κ2) is 5.40. The Balaban J connectivity index is 1.95. The summed E-state index contributed by atoms with van der Waals surface area (Å²) in [4.78, 5) is 0. The lowest BCUT2D eigenvalue weighted by atomic mass is 9.99. The summed E-state index contributed by atoms with van der Waals surface area (Å²) in [6.45, 7) is 0.472. The molecule has 0 saturated carbocycles. The molecule has 0 spiro atoms. The number of halogens is 3. The fourth-order valence-electron chi connectivity index (χ4n) is 2.46. The molecule has 3 rings (SSSR count). The number of hydrogen-bond donors (Lipinski definition) is 1. The van der Waals surface area contributed by atoms with Crippen LogP contribution in [-0.4, -0.2) is 13.7 Å². The van der Waals surface area contributed by atoms with Gasteiger partial charge in [0.1, 0.15) is 12.4 Å². The third kappa shape index (κ3) is 2.66. The van der Waals surface area contributed by atoms with Crippen LogP contribution in [0.4, 0.5) is 13.2 Å². The number of hydrogen-bond acceptors (Lipinski definition) is 2. The van der Waals surface area contributed by atoms with Gasteiger partial charge in [0, 0.05) is 18.3 Å². The van der Waals surface area contributed by atoms with Crippen LogP contribution in [-0.2, 0) is 6.18 Å². The smallest absolute Gasteiger partial charge is 0.416 e. The van der Waals surface area contributed by atoms with E-state index in [0.29, 0.717) is 6.61 Å². The van der Waals surface area contributed by atoms with Crippen molar-refractivity contribution in [1.29, 1.82) is 0 Å². The summed E-state index contributed by atoms with van der Waals surface area (Å²) >= 11 is 0. The van der Waals surface area contributed by atoms with Gasteiger partial charge >= 0.3 is 6.18 Å². The molecule has 0 atom stereocenters. The fraction of sp³-hybridized carbons (Fsp3) is 0.176. The van der Waals surface area contributed by atoms with Crippen molar-refractivity contribution in [3.63, 3.8) is 0 Å². The summed E-state index contributed by atoms with van der Waals surface area (Å²) in [5.41, 5.74) is 2.83. The van der Waals surface area contributed by atoms with Crippen molar-refractivity contribution < 1.29 is 17.9 Å². The molecular weight excluding hydrogens is 291 g/mol. The molecule has 2 nitrogen and oxygen atoms in total. The highest BCUT2D eigenvalue weighted by atomic mass is 19.4. The summed E-state index contributed by atoms with van der Waals surface area (Å²) in [7, 11) is 1.84. The van der Waals surface area contributed by atoms with Crippen molar-refractivity contribution in [3.05, 3.63) is 59.7 Å². The van der Waals surface area contributed by atoms with E-state index >= 15 is 0 Å². The number of fused-ring (bicyclic) bond motifs is 1. The highest BCUT2D eigenvalue weighted by Gasteiger charge is 2.30. The molecule has 0 amide bonds. The van der Waals surface area contributed by atoms with Gasteiger partial charge in [-0.2, -0.15) is 13.2 Å². The Morgan fingerprint density at radius 2 is 1.68 bits per heavy atom. The van der Waals surface area contributed by atoms with E-state index in [9.17, 15) is 13.2 Å². The molecule has 0 aliphatic carbocycles. The van der Waals surface area contributed by atoms with Gasteiger partial charge in [-0.3, -0.25) is 0 Å². The Kier molecular flexibility index (Phi) is 3.56. The lowest BCUT2D eigenvalue weighted by Gasteiger charge is -2.19. The number of nitrogens with one attached hydrogen (secondary N) is 1. The number of ether oxygens (including phenoxy) is 1. The van der Waals surface area contributed by atoms with Gasteiger partial charge in [-0.25, -0.2) is 0 Å². The molecule has 22 heavy (non-hydrogen) atoms. The molecule has 0 aromatic heterocycles. The molecule has 0 fully saturated rings. The SMILES string of the molecule is CNC1=CCOc2cc(-c3ccc(C(F)(F)F)cc3)ccc21. The van der Waals surface area contributed by atoms with Crippen LogP contribution in [0.1, 0.15) is 11.1 Å². The first-order valence-corrected chi connectivity index (χ1v) is 6.82. The molecule has 0 bridgehead atoms. The van der Waals surface area contributed by atoms with Crippen LogP contribution < -0.4 is 10.1 Å². The zero-order valence-electron chi connectivity index (χ0n) is 11.9. The molecule has 1 aliphatic heterocycles. The van der Waals surface area contributed by atoms with Gasteiger partial charge < -0.3 is 10.1 Å². The van der Waals surface area contributed by atoms with Gasteiger partial charge in [0.2, 0.25) is 0 Å². The lowest BCUT2D eigenvalue weighted by molar-refractivity contribution is -0.137. The molecule has 0 unspecified atom stereocenters. The van der Waals surface area contributed by atoms with Crippen LogP contribution in [0.5, 0.6) is 5.75 Å². The predicted molar refractivity (Wildman–Crippen MR) is 79.4 cm³/mol. The monoisotopic (exact) mass is 305 g/mol. The molecule has 1 heterocycles. The van der Waals surface area contributed by atoms with Gasteiger partial charge in [-0.15, -0.1) is 0 Å². The van der Waals surface area contributed by atoms with Crippen molar-refractivity contribution in [2.75, 3.05) is 13.7 Å². The van der Waals surface area contributed by atoms with Crippen molar-refractivity contribution in [2.45, 2.75) is 6.18 Å². The molecule has 2 aromatic rings. The van der Waals surface area contributed by atoms with Crippen LogP contribution in [0.3, 0.4) is 0 Å². The summed E-state index contributed by atoms with van der Waals surface area (Å²) in [5, 5.41) is 3.10. The standard InChI is InChI=1S/C17H14F3NO/c1-21-15-8-9-22-16-10-12(4-7-14(15)16)11-2-5-13(6-3-11)17(18,19)20/h2-8,10,21H,9H2,1H3. The molecule has 1 aliphatic rings. The van der Waals surface area contributed by atoms with E-state index in [2.05, 4.69) is 5.32 Å². The third-order valence-corrected chi connectivity index (χ3v) is 3.61. The van der Waals surface area contributed by atoms with E-state index in [0.717, 1.165) is 40.3 Å². The molecule has 1 N–H and O–H groups in total. The van der Waals surface area contributed by atoms with Crippen molar-refractivity contribution in [1.82, 2.24) is 5.32 Å². The van der Waals surface area contributed by atoms with Crippen molar-refractivity contribution >= 4 is 5.70 Å².